The van der Waals surface area contributed by atoms with E-state index in [0.29, 0.717) is 5.56 Å². The summed E-state index contributed by atoms with van der Waals surface area (Å²) in [6.07, 6.45) is -1.15. The van der Waals surface area contributed by atoms with Gasteiger partial charge in [0, 0.05) is 10.0 Å². The molecular formula is C12H14BrNO4. The van der Waals surface area contributed by atoms with Crippen molar-refractivity contribution in [3.05, 3.63) is 34.3 Å². The van der Waals surface area contributed by atoms with Crippen LogP contribution in [0.3, 0.4) is 0 Å². The third-order valence-electron chi connectivity index (χ3n) is 2.22. The molecule has 1 aromatic rings. The van der Waals surface area contributed by atoms with Crippen molar-refractivity contribution in [1.82, 2.24) is 0 Å². The molecule has 3 N–H and O–H groups in total. The van der Waals surface area contributed by atoms with Crippen LogP contribution >= 0.6 is 15.9 Å². The van der Waals surface area contributed by atoms with Gasteiger partial charge < -0.3 is 15.6 Å². The Morgan fingerprint density at radius 3 is 2.50 bits per heavy atom. The Balaban J connectivity index is 2.46. The summed E-state index contributed by atoms with van der Waals surface area (Å²) in [5, 5.41) is 9.27. The lowest BCUT2D eigenvalue weighted by Crippen LogP contribution is -2.27. The molecule has 0 fully saturated rings. The molecule has 0 unspecified atom stereocenters. The number of Topliss-reactive ketones (excluding diaryl/α,β-unsaturated/α-hetero) is 1. The van der Waals surface area contributed by atoms with E-state index in [-0.39, 0.29) is 25.4 Å². The first-order valence-electron chi connectivity index (χ1n) is 5.38. The number of esters is 1. The number of aliphatic hydroxyl groups is 1. The number of ketones is 1. The van der Waals surface area contributed by atoms with Gasteiger partial charge in [-0.05, 0) is 25.1 Å². The van der Waals surface area contributed by atoms with E-state index in [2.05, 4.69) is 15.9 Å². The van der Waals surface area contributed by atoms with Crippen LogP contribution in [0.15, 0.2) is 28.7 Å². The lowest BCUT2D eigenvalue weighted by molar-refractivity contribution is -0.152. The largest absolute Gasteiger partial charge is 0.455 e. The van der Waals surface area contributed by atoms with Crippen LogP contribution in [0.4, 0.5) is 0 Å². The van der Waals surface area contributed by atoms with Crippen molar-refractivity contribution >= 4 is 27.7 Å². The Morgan fingerprint density at radius 2 is 1.94 bits per heavy atom. The zero-order valence-corrected chi connectivity index (χ0v) is 11.2. The Labute approximate surface area is 113 Å². The molecule has 0 amide bonds. The summed E-state index contributed by atoms with van der Waals surface area (Å²) in [4.78, 5) is 22.9. The van der Waals surface area contributed by atoms with Gasteiger partial charge in [-0.1, -0.05) is 28.1 Å². The Kier molecular flexibility index (Phi) is 5.97. The molecule has 6 heteroatoms. The van der Waals surface area contributed by atoms with Crippen molar-refractivity contribution in [3.8, 4) is 0 Å². The molecule has 1 aromatic carbocycles. The second-order valence-corrected chi connectivity index (χ2v) is 4.55. The molecule has 0 bridgehead atoms. The quantitative estimate of drug-likeness (QED) is 0.601. The van der Waals surface area contributed by atoms with Gasteiger partial charge in [0.25, 0.3) is 0 Å². The standard InChI is InChI=1S/C12H14BrNO4/c13-9-3-1-8(2-4-9)11(16)7-18-12(17)10(15)5-6-14/h1-4,10,15H,5-7,14H2/t10-/m0/s1. The number of aliphatic hydroxyl groups excluding tert-OH is 1. The number of carbonyl (C=O) groups is 2. The van der Waals surface area contributed by atoms with Crippen LogP contribution in [-0.4, -0.2) is 36.1 Å². The van der Waals surface area contributed by atoms with Crippen molar-refractivity contribution in [2.24, 2.45) is 5.73 Å². The Bertz CT molecular complexity index is 419. The fraction of sp³-hybridized carbons (Fsp3) is 0.333. The van der Waals surface area contributed by atoms with E-state index in [1.807, 2.05) is 0 Å². The lowest BCUT2D eigenvalue weighted by atomic mass is 10.1. The highest BCUT2D eigenvalue weighted by atomic mass is 79.9. The normalized spacial score (nSPS) is 11.9. The average molecular weight is 316 g/mol. The first-order valence-corrected chi connectivity index (χ1v) is 6.17. The summed E-state index contributed by atoms with van der Waals surface area (Å²) in [6, 6.07) is 6.68. The number of nitrogens with two attached hydrogens (primary N) is 1. The molecule has 0 aliphatic carbocycles. The van der Waals surface area contributed by atoms with Crippen molar-refractivity contribution in [1.29, 1.82) is 0 Å². The van der Waals surface area contributed by atoms with Crippen LogP contribution in [0.1, 0.15) is 16.8 Å². The monoisotopic (exact) mass is 315 g/mol. The molecule has 0 saturated carbocycles. The smallest absolute Gasteiger partial charge is 0.335 e. The zero-order valence-electron chi connectivity index (χ0n) is 9.64. The van der Waals surface area contributed by atoms with E-state index >= 15 is 0 Å². The maximum atomic E-state index is 11.6. The Morgan fingerprint density at radius 1 is 1.33 bits per heavy atom. The average Bonchev–Trinajstić information content (AvgIpc) is 2.36. The fourth-order valence-corrected chi connectivity index (χ4v) is 1.49. The number of carbonyl (C=O) groups excluding carboxylic acids is 2. The first-order chi connectivity index (χ1) is 8.54. The summed E-state index contributed by atoms with van der Waals surface area (Å²) in [6.45, 7) is -0.209. The van der Waals surface area contributed by atoms with Crippen molar-refractivity contribution in [2.75, 3.05) is 13.2 Å². The van der Waals surface area contributed by atoms with Crippen molar-refractivity contribution in [2.45, 2.75) is 12.5 Å². The summed E-state index contributed by atoms with van der Waals surface area (Å²) < 4.78 is 5.55. The van der Waals surface area contributed by atoms with Gasteiger partial charge >= 0.3 is 5.97 Å². The van der Waals surface area contributed by atoms with Crippen LogP contribution in [0.5, 0.6) is 0 Å². The summed E-state index contributed by atoms with van der Waals surface area (Å²) in [7, 11) is 0. The highest BCUT2D eigenvalue weighted by molar-refractivity contribution is 9.10. The number of ether oxygens (including phenoxy) is 1. The number of hydrogen-bond donors (Lipinski definition) is 2. The van der Waals surface area contributed by atoms with E-state index in [1.54, 1.807) is 24.3 Å². The van der Waals surface area contributed by atoms with Crippen LogP contribution in [0.2, 0.25) is 0 Å². The minimum absolute atomic E-state index is 0.116. The molecule has 1 rings (SSSR count). The van der Waals surface area contributed by atoms with Gasteiger partial charge in [0.15, 0.2) is 18.5 Å². The van der Waals surface area contributed by atoms with Gasteiger partial charge in [-0.15, -0.1) is 0 Å². The predicted octanol–water partition coefficient (Wildman–Crippen LogP) is 0.885. The number of rotatable bonds is 6. The topological polar surface area (TPSA) is 89.6 Å². The second-order valence-electron chi connectivity index (χ2n) is 3.63. The van der Waals surface area contributed by atoms with E-state index in [4.69, 9.17) is 10.5 Å². The van der Waals surface area contributed by atoms with E-state index in [0.717, 1.165) is 4.47 Å². The van der Waals surface area contributed by atoms with Gasteiger partial charge in [0.2, 0.25) is 0 Å². The Hall–Kier alpha value is -1.24. The predicted molar refractivity (Wildman–Crippen MR) is 69.1 cm³/mol. The minimum Gasteiger partial charge on any atom is -0.455 e. The van der Waals surface area contributed by atoms with Crippen LogP contribution in [-0.2, 0) is 9.53 Å². The molecule has 0 aliphatic rings. The number of hydrogen-bond acceptors (Lipinski definition) is 5. The fourth-order valence-electron chi connectivity index (χ4n) is 1.23. The van der Waals surface area contributed by atoms with Crippen molar-refractivity contribution < 1.29 is 19.4 Å². The third kappa shape index (κ3) is 4.56. The number of halogens is 1. The molecule has 0 radical (unpaired) electrons. The molecule has 1 atom stereocenters. The molecule has 0 heterocycles. The number of benzene rings is 1. The van der Waals surface area contributed by atoms with Gasteiger partial charge in [-0.3, -0.25) is 4.79 Å². The first kappa shape index (κ1) is 14.8. The van der Waals surface area contributed by atoms with Gasteiger partial charge in [-0.2, -0.15) is 0 Å². The SMILES string of the molecule is NCC[C@H](O)C(=O)OCC(=O)c1ccc(Br)cc1. The molecule has 0 aromatic heterocycles. The minimum atomic E-state index is -1.27. The van der Waals surface area contributed by atoms with E-state index in [9.17, 15) is 14.7 Å². The van der Waals surface area contributed by atoms with E-state index in [1.165, 1.54) is 0 Å². The van der Waals surface area contributed by atoms with Crippen LogP contribution < -0.4 is 5.73 Å². The molecule has 0 aliphatic heterocycles. The third-order valence-corrected chi connectivity index (χ3v) is 2.75. The molecule has 0 spiro atoms. The zero-order chi connectivity index (χ0) is 13.5. The van der Waals surface area contributed by atoms with Crippen LogP contribution in [0, 0.1) is 0 Å². The highest BCUT2D eigenvalue weighted by Crippen LogP contribution is 2.11. The molecular weight excluding hydrogens is 302 g/mol. The van der Waals surface area contributed by atoms with Crippen molar-refractivity contribution in [3.63, 3.8) is 0 Å². The highest BCUT2D eigenvalue weighted by Gasteiger charge is 2.17. The van der Waals surface area contributed by atoms with Gasteiger partial charge in [0.05, 0.1) is 0 Å². The molecule has 5 nitrogen and oxygen atoms in total. The summed E-state index contributed by atoms with van der Waals surface area (Å²) in [5.74, 6) is -1.15. The maximum absolute atomic E-state index is 11.6. The van der Waals surface area contributed by atoms with Gasteiger partial charge in [0.1, 0.15) is 0 Å². The van der Waals surface area contributed by atoms with E-state index < -0.39 is 12.1 Å². The van der Waals surface area contributed by atoms with Gasteiger partial charge in [-0.25, -0.2) is 4.79 Å². The lowest BCUT2D eigenvalue weighted by Gasteiger charge is -2.09. The molecule has 18 heavy (non-hydrogen) atoms. The summed E-state index contributed by atoms with van der Waals surface area (Å²) in [5.41, 5.74) is 5.63. The molecule has 0 saturated heterocycles. The molecule has 98 valence electrons. The van der Waals surface area contributed by atoms with Crippen LogP contribution in [0.25, 0.3) is 0 Å². The second kappa shape index (κ2) is 7.25. The summed E-state index contributed by atoms with van der Waals surface area (Å²) >= 11 is 3.25. The maximum Gasteiger partial charge on any atom is 0.335 e.